The van der Waals surface area contributed by atoms with Gasteiger partial charge in [-0.25, -0.2) is 66.4 Å². The van der Waals surface area contributed by atoms with Gasteiger partial charge in [-0.3, -0.25) is 10.2 Å². The molecule has 0 atom stereocenters. The van der Waals surface area contributed by atoms with Crippen LogP contribution in [0.15, 0.2) is 73.1 Å². The first kappa shape index (κ1) is 42.4. The zero-order valence-electron chi connectivity index (χ0n) is 33.2. The second-order valence-electron chi connectivity index (χ2n) is 13.2. The molecule has 8 aromatic rings. The third-order valence-electron chi connectivity index (χ3n) is 9.19. The van der Waals surface area contributed by atoms with E-state index in [0.29, 0.717) is 16.8 Å². The largest absolute Gasteiger partial charge is 0.453 e. The zero-order valence-corrected chi connectivity index (χ0v) is 33.2. The van der Waals surface area contributed by atoms with Gasteiger partial charge in [0, 0.05) is 18.2 Å². The van der Waals surface area contributed by atoms with Gasteiger partial charge in [0.15, 0.2) is 46.2 Å². The molecule has 0 aliphatic rings. The zero-order chi connectivity index (χ0) is 45.1. The molecule has 6 aromatic heterocycles. The van der Waals surface area contributed by atoms with Crippen molar-refractivity contribution >= 4 is 68.9 Å². The van der Waals surface area contributed by atoms with Crippen LogP contribution in [-0.4, -0.2) is 82.9 Å². The number of nitrogen functional groups attached to an aromatic ring is 4. The Kier molecular flexibility index (Phi) is 11.8. The van der Waals surface area contributed by atoms with Crippen molar-refractivity contribution in [2.45, 2.75) is 13.1 Å². The third-order valence-corrected chi connectivity index (χ3v) is 9.19. The molecular formula is C39H34F4N16O4. The molecule has 0 fully saturated rings. The molecule has 2 aromatic carbocycles. The predicted molar refractivity (Wildman–Crippen MR) is 223 cm³/mol. The highest BCUT2D eigenvalue weighted by molar-refractivity contribution is 5.97. The Bertz CT molecular complexity index is 3010. The number of carbonyl (C=O) groups excluding carboxylic acids is 2. The number of amides is 2. The van der Waals surface area contributed by atoms with E-state index in [9.17, 15) is 27.2 Å². The molecule has 0 aliphatic carbocycles. The monoisotopic (exact) mass is 866 g/mol. The molecule has 0 bridgehead atoms. The van der Waals surface area contributed by atoms with Gasteiger partial charge < -0.3 is 32.4 Å². The lowest BCUT2D eigenvalue weighted by atomic mass is 10.2. The summed E-state index contributed by atoms with van der Waals surface area (Å²) in [6.45, 7) is 0.0741. The van der Waals surface area contributed by atoms with Crippen LogP contribution in [0.1, 0.15) is 11.1 Å². The van der Waals surface area contributed by atoms with Crippen molar-refractivity contribution in [2.75, 3.05) is 54.4 Å². The Morgan fingerprint density at radius 3 is 1.51 bits per heavy atom. The van der Waals surface area contributed by atoms with Gasteiger partial charge >= 0.3 is 12.2 Å². The second kappa shape index (κ2) is 17.5. The van der Waals surface area contributed by atoms with Crippen LogP contribution in [0.4, 0.5) is 61.8 Å². The van der Waals surface area contributed by atoms with Gasteiger partial charge in [-0.15, -0.1) is 0 Å². The van der Waals surface area contributed by atoms with E-state index in [1.165, 1.54) is 54.9 Å². The normalized spacial score (nSPS) is 11.0. The fourth-order valence-electron chi connectivity index (χ4n) is 6.25. The van der Waals surface area contributed by atoms with E-state index in [-0.39, 0.29) is 87.2 Å². The lowest BCUT2D eigenvalue weighted by molar-refractivity contribution is 0.180. The average Bonchev–Trinajstić information content (AvgIpc) is 3.80. The number of ether oxygens (including phenoxy) is 2. The average molecular weight is 867 g/mol. The molecule has 20 nitrogen and oxygen atoms in total. The van der Waals surface area contributed by atoms with Gasteiger partial charge in [-0.05, 0) is 24.3 Å². The molecule has 0 spiro atoms. The Hall–Kier alpha value is -8.70. The highest BCUT2D eigenvalue weighted by atomic mass is 19.1. The Morgan fingerprint density at radius 2 is 1.10 bits per heavy atom. The number of pyridine rings is 2. The van der Waals surface area contributed by atoms with Crippen molar-refractivity contribution in [1.29, 1.82) is 0 Å². The van der Waals surface area contributed by atoms with Crippen LogP contribution < -0.4 is 33.2 Å². The van der Waals surface area contributed by atoms with E-state index in [1.54, 1.807) is 36.4 Å². The maximum Gasteiger partial charge on any atom is 0.413 e. The van der Waals surface area contributed by atoms with E-state index in [4.69, 9.17) is 22.9 Å². The van der Waals surface area contributed by atoms with E-state index >= 15 is 0 Å². The summed E-state index contributed by atoms with van der Waals surface area (Å²) in [7, 11) is 3.78. The summed E-state index contributed by atoms with van der Waals surface area (Å²) in [5.74, 6) is -2.58. The number of benzene rings is 2. The van der Waals surface area contributed by atoms with Crippen molar-refractivity contribution < 1.29 is 36.6 Å². The first-order valence-electron chi connectivity index (χ1n) is 18.2. The van der Waals surface area contributed by atoms with Crippen molar-refractivity contribution in [2.24, 2.45) is 0 Å². The molecule has 63 heavy (non-hydrogen) atoms. The number of carbonyl (C=O) groups is 2. The Morgan fingerprint density at radius 1 is 0.667 bits per heavy atom. The number of nitrogens with one attached hydrogen (secondary N) is 1. The van der Waals surface area contributed by atoms with E-state index in [0.717, 1.165) is 17.3 Å². The van der Waals surface area contributed by atoms with Crippen molar-refractivity contribution in [3.63, 3.8) is 0 Å². The number of hydrogen-bond donors (Lipinski definition) is 5. The molecule has 322 valence electrons. The van der Waals surface area contributed by atoms with Gasteiger partial charge in [-0.2, -0.15) is 10.2 Å². The fourth-order valence-corrected chi connectivity index (χ4v) is 6.25. The first-order chi connectivity index (χ1) is 30.2. The maximum atomic E-state index is 14.2. The fraction of sp³-hybridized carbons (Fsp3) is 0.128. The summed E-state index contributed by atoms with van der Waals surface area (Å²) in [6, 6.07) is 14.8. The van der Waals surface area contributed by atoms with Gasteiger partial charge in [0.1, 0.15) is 46.0 Å². The molecule has 9 N–H and O–H groups in total. The number of hydrogen-bond acceptors (Lipinski definition) is 16. The molecule has 0 aliphatic heterocycles. The summed E-state index contributed by atoms with van der Waals surface area (Å²) in [5.41, 5.74) is 25.5. The number of nitrogens with zero attached hydrogens (tertiary/aromatic N) is 11. The quantitative estimate of drug-likeness (QED) is 0.124. The smallest absolute Gasteiger partial charge is 0.413 e. The second-order valence-corrected chi connectivity index (χ2v) is 13.2. The number of methoxy groups -OCH3 is 2. The lowest BCUT2D eigenvalue weighted by Gasteiger charge is -2.18. The van der Waals surface area contributed by atoms with E-state index in [1.807, 2.05) is 0 Å². The SMILES string of the molecule is COC(=O)N(C)c1c(N)nc(-c2nn(Cc3ccccc3F)c3ncc(F)cc23)nc1N.COC(=O)Nc1c(N)nc(-c2nn(Cc3ccccc3F)c3ncc(F)cc23)nc1N. The van der Waals surface area contributed by atoms with Crippen molar-refractivity contribution in [3.8, 4) is 23.0 Å². The molecule has 0 saturated carbocycles. The molecular weight excluding hydrogens is 833 g/mol. The predicted octanol–water partition coefficient (Wildman–Crippen LogP) is 5.14. The van der Waals surface area contributed by atoms with Crippen LogP contribution in [-0.2, 0) is 22.6 Å². The van der Waals surface area contributed by atoms with Crippen LogP contribution in [0, 0.1) is 23.3 Å². The Labute approximate surface area is 352 Å². The summed E-state index contributed by atoms with van der Waals surface area (Å²) in [5, 5.41) is 11.7. The standard InChI is InChI=1S/C20H18F2N8O2.C19H16F2N8O2/c1-29(20(31)32-2)15-16(23)26-18(27-17(15)24)14-12-7-11(21)8-25-19(12)30(28-14)9-10-5-3-4-6-13(10)22;1-31-19(30)25-14-15(22)26-17(27-16(14)23)13-11-6-10(20)7-24-18(11)29(28-13)8-9-4-2-3-5-12(9)21/h3-8H,9H2,1-2H3,(H4,23,24,26,27);2-7H,8H2,1H3,(H,25,30)(H4,22,23,26,27). The number of halogens is 4. The number of rotatable bonds is 8. The number of aromatic nitrogens is 10. The number of anilines is 6. The van der Waals surface area contributed by atoms with Crippen molar-refractivity contribution in [3.05, 3.63) is 107 Å². The van der Waals surface area contributed by atoms with Crippen LogP contribution in [0.25, 0.3) is 45.1 Å². The maximum absolute atomic E-state index is 14.2. The minimum Gasteiger partial charge on any atom is -0.453 e. The van der Waals surface area contributed by atoms with Gasteiger partial charge in [0.25, 0.3) is 0 Å². The number of fused-ring (bicyclic) bond motifs is 2. The van der Waals surface area contributed by atoms with Crippen LogP contribution in [0.5, 0.6) is 0 Å². The molecule has 0 radical (unpaired) electrons. The van der Waals surface area contributed by atoms with Crippen molar-refractivity contribution in [1.82, 2.24) is 49.5 Å². The third kappa shape index (κ3) is 8.66. The van der Waals surface area contributed by atoms with Gasteiger partial charge in [0.2, 0.25) is 0 Å². The lowest BCUT2D eigenvalue weighted by Crippen LogP contribution is -2.28. The van der Waals surface area contributed by atoms with Gasteiger partial charge in [0.05, 0.1) is 50.5 Å². The summed E-state index contributed by atoms with van der Waals surface area (Å²) in [6.07, 6.45) is 0.536. The molecule has 8 rings (SSSR count). The molecule has 0 saturated heterocycles. The summed E-state index contributed by atoms with van der Waals surface area (Å²) >= 11 is 0. The minimum absolute atomic E-state index is 0.00769. The van der Waals surface area contributed by atoms with E-state index in [2.05, 4.69) is 54.9 Å². The summed E-state index contributed by atoms with van der Waals surface area (Å²) in [4.78, 5) is 49.2. The van der Waals surface area contributed by atoms with Crippen LogP contribution >= 0.6 is 0 Å². The van der Waals surface area contributed by atoms with Gasteiger partial charge in [-0.1, -0.05) is 36.4 Å². The van der Waals surface area contributed by atoms with Crippen LogP contribution in [0.3, 0.4) is 0 Å². The molecule has 2 amide bonds. The number of nitrogens with two attached hydrogens (primary N) is 4. The van der Waals surface area contributed by atoms with E-state index < -0.39 is 35.5 Å². The molecule has 24 heteroatoms. The first-order valence-corrected chi connectivity index (χ1v) is 18.2. The molecule has 6 heterocycles. The topological polar surface area (TPSA) is 285 Å². The highest BCUT2D eigenvalue weighted by Crippen LogP contribution is 2.34. The van der Waals surface area contributed by atoms with Crippen LogP contribution in [0.2, 0.25) is 0 Å². The summed E-state index contributed by atoms with van der Waals surface area (Å²) < 4.78 is 68.2. The highest BCUT2D eigenvalue weighted by Gasteiger charge is 2.25. The minimum atomic E-state index is -0.805. The molecule has 0 unspecified atom stereocenters. The Balaban J connectivity index is 0.000000189.